The van der Waals surface area contributed by atoms with Gasteiger partial charge in [-0.05, 0) is 36.4 Å². The highest BCUT2D eigenvalue weighted by atomic mass is 16.5. The van der Waals surface area contributed by atoms with E-state index in [2.05, 4.69) is 15.2 Å². The molecule has 6 nitrogen and oxygen atoms in total. The van der Waals surface area contributed by atoms with Crippen molar-refractivity contribution in [3.05, 3.63) is 54.4 Å². The number of aromatic amines is 1. The molecule has 0 saturated heterocycles. The number of benzene rings is 2. The zero-order chi connectivity index (χ0) is 14.7. The number of rotatable bonds is 4. The molecule has 1 aromatic heterocycles. The molecule has 1 heterocycles. The van der Waals surface area contributed by atoms with Crippen molar-refractivity contribution in [1.82, 2.24) is 15.2 Å². The third kappa shape index (κ3) is 2.94. The van der Waals surface area contributed by atoms with Crippen molar-refractivity contribution >= 4 is 5.69 Å². The number of H-pyrrole nitrogens is 1. The lowest BCUT2D eigenvalue weighted by Crippen LogP contribution is -2.00. The zero-order valence-electron chi connectivity index (χ0n) is 11.2. The van der Waals surface area contributed by atoms with E-state index in [1.165, 1.54) is 0 Å². The number of phenols is 1. The van der Waals surface area contributed by atoms with E-state index < -0.39 is 0 Å². The summed E-state index contributed by atoms with van der Waals surface area (Å²) in [6.45, 7) is 0.249. The first kappa shape index (κ1) is 13.0. The van der Waals surface area contributed by atoms with Gasteiger partial charge in [-0.15, -0.1) is 0 Å². The Morgan fingerprint density at radius 3 is 2.62 bits per heavy atom. The second kappa shape index (κ2) is 5.54. The van der Waals surface area contributed by atoms with Crippen molar-refractivity contribution in [3.63, 3.8) is 0 Å². The zero-order valence-corrected chi connectivity index (χ0v) is 11.2. The van der Waals surface area contributed by atoms with Crippen LogP contribution >= 0.6 is 0 Å². The SMILES string of the molecule is Nc1ccccc1OCc1nc(-c2ccc(O)cc2)n[nH]1. The van der Waals surface area contributed by atoms with Gasteiger partial charge in [0.15, 0.2) is 11.6 Å². The number of anilines is 1. The Kier molecular flexibility index (Phi) is 3.42. The van der Waals surface area contributed by atoms with Crippen LogP contribution in [0.1, 0.15) is 5.82 Å². The topological polar surface area (TPSA) is 97.1 Å². The summed E-state index contributed by atoms with van der Waals surface area (Å²) in [5.74, 6) is 1.97. The van der Waals surface area contributed by atoms with E-state index in [4.69, 9.17) is 10.5 Å². The third-order valence-electron chi connectivity index (χ3n) is 2.94. The molecular weight excluding hydrogens is 268 g/mol. The summed E-state index contributed by atoms with van der Waals surface area (Å²) < 4.78 is 5.59. The molecule has 0 aliphatic heterocycles. The lowest BCUT2D eigenvalue weighted by Gasteiger charge is -2.05. The van der Waals surface area contributed by atoms with Gasteiger partial charge in [-0.1, -0.05) is 12.1 Å². The highest BCUT2D eigenvalue weighted by Crippen LogP contribution is 2.21. The Balaban J connectivity index is 1.71. The molecule has 21 heavy (non-hydrogen) atoms. The highest BCUT2D eigenvalue weighted by molar-refractivity contribution is 5.55. The van der Waals surface area contributed by atoms with Gasteiger partial charge in [-0.3, -0.25) is 5.10 Å². The number of ether oxygens (including phenoxy) is 1. The molecule has 0 aliphatic rings. The maximum absolute atomic E-state index is 9.26. The van der Waals surface area contributed by atoms with Gasteiger partial charge < -0.3 is 15.6 Å². The van der Waals surface area contributed by atoms with Crippen LogP contribution in [0.15, 0.2) is 48.5 Å². The number of hydrogen-bond donors (Lipinski definition) is 3. The molecule has 0 fully saturated rings. The average molecular weight is 282 g/mol. The van der Waals surface area contributed by atoms with E-state index in [-0.39, 0.29) is 12.4 Å². The maximum atomic E-state index is 9.26. The molecule has 0 unspecified atom stereocenters. The van der Waals surface area contributed by atoms with Crippen LogP contribution in [0.25, 0.3) is 11.4 Å². The summed E-state index contributed by atoms with van der Waals surface area (Å²) in [5, 5.41) is 16.2. The minimum atomic E-state index is 0.206. The first-order valence-corrected chi connectivity index (χ1v) is 6.40. The summed E-state index contributed by atoms with van der Waals surface area (Å²) in [6, 6.07) is 14.0. The average Bonchev–Trinajstić information content (AvgIpc) is 2.96. The minimum Gasteiger partial charge on any atom is -0.508 e. The summed E-state index contributed by atoms with van der Waals surface area (Å²) in [5.41, 5.74) is 7.19. The van der Waals surface area contributed by atoms with Crippen molar-refractivity contribution in [2.45, 2.75) is 6.61 Å². The van der Waals surface area contributed by atoms with Gasteiger partial charge in [-0.25, -0.2) is 4.98 Å². The molecule has 3 aromatic rings. The van der Waals surface area contributed by atoms with Crippen molar-refractivity contribution in [2.75, 3.05) is 5.73 Å². The lowest BCUT2D eigenvalue weighted by molar-refractivity contribution is 0.298. The number of nitrogens with two attached hydrogens (primary N) is 1. The molecule has 4 N–H and O–H groups in total. The Labute approximate surface area is 121 Å². The first-order valence-electron chi connectivity index (χ1n) is 6.40. The van der Waals surface area contributed by atoms with Crippen molar-refractivity contribution < 1.29 is 9.84 Å². The van der Waals surface area contributed by atoms with E-state index in [1.807, 2.05) is 12.1 Å². The smallest absolute Gasteiger partial charge is 0.181 e. The van der Waals surface area contributed by atoms with E-state index in [9.17, 15) is 5.11 Å². The number of hydrogen-bond acceptors (Lipinski definition) is 5. The largest absolute Gasteiger partial charge is 0.508 e. The van der Waals surface area contributed by atoms with Crippen molar-refractivity contribution in [2.24, 2.45) is 0 Å². The fraction of sp³-hybridized carbons (Fsp3) is 0.0667. The number of phenolic OH excluding ortho intramolecular Hbond substituents is 1. The molecule has 6 heteroatoms. The maximum Gasteiger partial charge on any atom is 0.181 e. The number of nitrogens with one attached hydrogen (secondary N) is 1. The second-order valence-corrected chi connectivity index (χ2v) is 4.48. The second-order valence-electron chi connectivity index (χ2n) is 4.48. The molecule has 0 amide bonds. The van der Waals surface area contributed by atoms with Crippen LogP contribution in [0, 0.1) is 0 Å². The summed E-state index contributed by atoms with van der Waals surface area (Å²) in [7, 11) is 0. The van der Waals surface area contributed by atoms with E-state index >= 15 is 0 Å². The number of nitrogen functional groups attached to an aromatic ring is 1. The number of nitrogens with zero attached hydrogens (tertiary/aromatic N) is 2. The van der Waals surface area contributed by atoms with Gasteiger partial charge in [0.05, 0.1) is 5.69 Å². The summed E-state index contributed by atoms with van der Waals surface area (Å²) in [6.07, 6.45) is 0. The lowest BCUT2D eigenvalue weighted by atomic mass is 10.2. The molecule has 0 saturated carbocycles. The van der Waals surface area contributed by atoms with Crippen LogP contribution in [0.4, 0.5) is 5.69 Å². The Bertz CT molecular complexity index is 737. The van der Waals surface area contributed by atoms with Crippen molar-refractivity contribution in [1.29, 1.82) is 0 Å². The molecule has 0 atom stereocenters. The van der Waals surface area contributed by atoms with Crippen LogP contribution in [0.2, 0.25) is 0 Å². The molecule has 0 radical (unpaired) electrons. The molecule has 0 bridgehead atoms. The van der Waals surface area contributed by atoms with Crippen LogP contribution in [0.5, 0.6) is 11.5 Å². The fourth-order valence-corrected chi connectivity index (χ4v) is 1.86. The Morgan fingerprint density at radius 2 is 1.86 bits per heavy atom. The van der Waals surface area contributed by atoms with Gasteiger partial charge in [0.1, 0.15) is 18.1 Å². The van der Waals surface area contributed by atoms with Gasteiger partial charge in [0, 0.05) is 5.56 Å². The molecule has 3 rings (SSSR count). The normalized spacial score (nSPS) is 10.5. The van der Waals surface area contributed by atoms with Crippen molar-refractivity contribution in [3.8, 4) is 22.9 Å². The third-order valence-corrected chi connectivity index (χ3v) is 2.94. The monoisotopic (exact) mass is 282 g/mol. The molecular formula is C15H14N4O2. The number of aromatic hydroxyl groups is 1. The Morgan fingerprint density at radius 1 is 1.10 bits per heavy atom. The Hall–Kier alpha value is -3.02. The van der Waals surface area contributed by atoms with Crippen LogP contribution < -0.4 is 10.5 Å². The number of para-hydroxylation sites is 2. The highest BCUT2D eigenvalue weighted by Gasteiger charge is 2.07. The van der Waals surface area contributed by atoms with Gasteiger partial charge in [-0.2, -0.15) is 5.10 Å². The fourth-order valence-electron chi connectivity index (χ4n) is 1.86. The number of aromatic nitrogens is 3. The summed E-state index contributed by atoms with van der Waals surface area (Å²) >= 11 is 0. The van der Waals surface area contributed by atoms with E-state index in [1.54, 1.807) is 36.4 Å². The summed E-state index contributed by atoms with van der Waals surface area (Å²) in [4.78, 5) is 4.34. The molecule has 2 aromatic carbocycles. The molecule has 106 valence electrons. The van der Waals surface area contributed by atoms with E-state index in [0.29, 0.717) is 23.1 Å². The van der Waals surface area contributed by atoms with Crippen LogP contribution in [0.3, 0.4) is 0 Å². The molecule has 0 aliphatic carbocycles. The predicted molar refractivity (Wildman–Crippen MR) is 78.7 cm³/mol. The minimum absolute atomic E-state index is 0.206. The van der Waals surface area contributed by atoms with Gasteiger partial charge >= 0.3 is 0 Å². The quantitative estimate of drug-likeness (QED) is 0.638. The van der Waals surface area contributed by atoms with E-state index in [0.717, 1.165) is 5.56 Å². The van der Waals surface area contributed by atoms with Gasteiger partial charge in [0.2, 0.25) is 0 Å². The molecule has 0 spiro atoms. The standard InChI is InChI=1S/C15H14N4O2/c16-12-3-1-2-4-13(12)21-9-14-17-15(19-18-14)10-5-7-11(20)8-6-10/h1-8,20H,9,16H2,(H,17,18,19). The van der Waals surface area contributed by atoms with Crippen LogP contribution in [-0.4, -0.2) is 20.3 Å². The first-order chi connectivity index (χ1) is 10.2. The van der Waals surface area contributed by atoms with Crippen LogP contribution in [-0.2, 0) is 6.61 Å². The van der Waals surface area contributed by atoms with Gasteiger partial charge in [0.25, 0.3) is 0 Å². The predicted octanol–water partition coefficient (Wildman–Crippen LogP) is 2.34.